The van der Waals surface area contributed by atoms with Gasteiger partial charge in [-0.05, 0) is 0 Å². The van der Waals surface area contributed by atoms with E-state index in [9.17, 15) is 0 Å². The van der Waals surface area contributed by atoms with Gasteiger partial charge >= 0.3 is 267 Å². The molecule has 0 amide bonds. The van der Waals surface area contributed by atoms with Gasteiger partial charge in [0.2, 0.25) is 0 Å². The van der Waals surface area contributed by atoms with Crippen molar-refractivity contribution in [3.8, 4) is 0 Å². The van der Waals surface area contributed by atoms with Crippen molar-refractivity contribution in [3.63, 3.8) is 0 Å². The topological polar surface area (TPSA) is 0 Å². The Labute approximate surface area is 297 Å². The largest absolute Gasteiger partial charge is 1.00 e. The van der Waals surface area contributed by atoms with E-state index >= 15 is 0 Å². The number of allylic oxidation sites excluding steroid dienone is 2. The molecule has 42 heavy (non-hydrogen) atoms. The van der Waals surface area contributed by atoms with E-state index in [1.54, 1.807) is 6.56 Å². The predicted octanol–water partition coefficient (Wildman–Crippen LogP) is 3.05. The first-order valence-electron chi connectivity index (χ1n) is 13.5. The van der Waals surface area contributed by atoms with E-state index in [2.05, 4.69) is 159 Å². The number of hydrogen-bond donors (Lipinski definition) is 0. The first-order valence-corrected chi connectivity index (χ1v) is 18.9. The van der Waals surface area contributed by atoms with Crippen LogP contribution in [0.5, 0.6) is 0 Å². The average Bonchev–Trinajstić information content (AvgIpc) is 3.57. The summed E-state index contributed by atoms with van der Waals surface area (Å²) in [7, 11) is -0.630. The van der Waals surface area contributed by atoms with Gasteiger partial charge in [-0.25, -0.2) is 0 Å². The summed E-state index contributed by atoms with van der Waals surface area (Å²) in [6.45, 7) is 0. The Morgan fingerprint density at radius 2 is 1.12 bits per heavy atom. The van der Waals surface area contributed by atoms with Crippen LogP contribution in [-0.2, 0) is 23.2 Å². The van der Waals surface area contributed by atoms with Gasteiger partial charge in [0.25, 0.3) is 0 Å². The number of benzene rings is 5. The first kappa shape index (κ1) is 30.8. The zero-order chi connectivity index (χ0) is 26.8. The fourth-order valence-corrected chi connectivity index (χ4v) is 14.3. The summed E-state index contributed by atoms with van der Waals surface area (Å²) in [5.74, 6) is 0.642. The summed E-state index contributed by atoms with van der Waals surface area (Å²) >= 11 is 6.78. The van der Waals surface area contributed by atoms with Gasteiger partial charge in [0.05, 0.1) is 0 Å². The first-order chi connectivity index (χ1) is 19.7. The molecule has 2 aliphatic carbocycles. The van der Waals surface area contributed by atoms with Gasteiger partial charge in [-0.3, -0.25) is 0 Å². The van der Waals surface area contributed by atoms with Gasteiger partial charge in [-0.2, -0.15) is 0 Å². The second-order valence-electron chi connectivity index (χ2n) is 10.5. The molecule has 0 saturated carbocycles. The molecular formula is C36H23Br4PZr. The Morgan fingerprint density at radius 3 is 1.86 bits per heavy atom. The molecule has 0 aromatic heterocycles. The molecule has 5 aromatic carbocycles. The normalized spacial score (nSPS) is 18.8. The molecule has 2 heterocycles. The van der Waals surface area contributed by atoms with Crippen molar-refractivity contribution in [2.45, 2.75) is 11.8 Å². The Bertz CT molecular complexity index is 1850. The van der Waals surface area contributed by atoms with Crippen LogP contribution in [0.4, 0.5) is 0 Å². The molecule has 0 nitrogen and oxygen atoms in total. The molecular weight excluding hydrogens is 874 g/mol. The van der Waals surface area contributed by atoms with Crippen LogP contribution >= 0.6 is 39.8 Å². The molecule has 0 saturated heterocycles. The van der Waals surface area contributed by atoms with E-state index < -0.39 is 31.2 Å². The van der Waals surface area contributed by atoms with Gasteiger partial charge in [-0.15, -0.1) is 0 Å². The molecule has 4 aliphatic rings. The monoisotopic (exact) mass is 892 g/mol. The maximum atomic E-state index is 4.01. The fraction of sp³-hybridized carbons (Fsp3) is 0.0556. The van der Waals surface area contributed by atoms with Crippen LogP contribution in [0.3, 0.4) is 0 Å². The molecule has 204 valence electrons. The molecule has 3 atom stereocenters. The smallest absolute Gasteiger partial charge is 1.00 e. The number of halogens is 4. The standard InChI is InChI=1S/C21H13BrP.C15H10Br.2BrH.Zr/c22-19-12-13-20-18-11-10-17(21(18)19)14-6-8-16(9-7-14)23(20)15-4-2-1-3-5-15;16-14-8-4-7-12-9-10-13(15(12)14)11-5-2-1-3-6-11;;;/h1-9,11-13,17H;1-9,13H;2*1H;/q;;;;+2/p-2. The molecule has 6 bridgehead atoms. The Hall–Kier alpha value is -1.19. The van der Waals surface area contributed by atoms with Crippen molar-refractivity contribution in [2.24, 2.45) is 0 Å². The fourth-order valence-electron chi connectivity index (χ4n) is 6.56. The van der Waals surface area contributed by atoms with Crippen LogP contribution in [0, 0.1) is 0 Å². The van der Waals surface area contributed by atoms with Gasteiger partial charge in [0.15, 0.2) is 0 Å². The van der Waals surface area contributed by atoms with E-state index in [0.717, 1.165) is 0 Å². The van der Waals surface area contributed by atoms with E-state index in [4.69, 9.17) is 0 Å². The molecule has 9 rings (SSSR count). The van der Waals surface area contributed by atoms with Crippen LogP contribution in [0.1, 0.15) is 45.2 Å². The Morgan fingerprint density at radius 1 is 0.524 bits per heavy atom. The van der Waals surface area contributed by atoms with Crippen LogP contribution in [0.2, 0.25) is 0 Å². The molecule has 5 aromatic rings. The van der Waals surface area contributed by atoms with Crippen LogP contribution < -0.4 is 49.9 Å². The summed E-state index contributed by atoms with van der Waals surface area (Å²) < 4.78 is 5.74. The van der Waals surface area contributed by atoms with Gasteiger partial charge in [0, 0.05) is 0 Å². The maximum absolute atomic E-state index is 4.01. The molecule has 0 fully saturated rings. The van der Waals surface area contributed by atoms with Crippen molar-refractivity contribution >= 4 is 67.8 Å². The molecule has 0 radical (unpaired) electrons. The van der Waals surface area contributed by atoms with Crippen molar-refractivity contribution in [3.05, 3.63) is 164 Å². The summed E-state index contributed by atoms with van der Waals surface area (Å²) in [4.78, 5) is 0. The van der Waals surface area contributed by atoms with E-state index in [1.165, 1.54) is 58.2 Å². The van der Waals surface area contributed by atoms with Crippen LogP contribution in [-0.4, -0.2) is 0 Å². The molecule has 0 spiro atoms. The minimum absolute atomic E-state index is 0. The molecule has 3 unspecified atom stereocenters. The summed E-state index contributed by atoms with van der Waals surface area (Å²) in [5, 5.41) is 4.33. The molecule has 0 N–H and O–H groups in total. The van der Waals surface area contributed by atoms with Gasteiger partial charge < -0.3 is 34.0 Å². The van der Waals surface area contributed by atoms with Crippen LogP contribution in [0.15, 0.2) is 131 Å². The maximum Gasteiger partial charge on any atom is -1.00 e. The molecule has 2 aliphatic heterocycles. The Kier molecular flexibility index (Phi) is 9.30. The van der Waals surface area contributed by atoms with Crippen molar-refractivity contribution in [1.82, 2.24) is 0 Å². The second-order valence-corrected chi connectivity index (χ2v) is 17.8. The van der Waals surface area contributed by atoms with E-state index in [-0.39, 0.29) is 34.0 Å². The van der Waals surface area contributed by atoms with E-state index in [0.29, 0.717) is 11.8 Å². The van der Waals surface area contributed by atoms with Crippen LogP contribution in [0.25, 0.3) is 12.2 Å². The van der Waals surface area contributed by atoms with Gasteiger partial charge in [-0.1, -0.05) is 0 Å². The predicted molar refractivity (Wildman–Crippen MR) is 173 cm³/mol. The summed E-state index contributed by atoms with van der Waals surface area (Å²) in [5.41, 5.74) is 8.54. The zero-order valence-corrected chi connectivity index (χ0v) is 31.9. The third-order valence-corrected chi connectivity index (χ3v) is 15.7. The second kappa shape index (κ2) is 12.7. The number of hydrogen-bond acceptors (Lipinski definition) is 0. The van der Waals surface area contributed by atoms with Crippen molar-refractivity contribution < 1.29 is 57.2 Å². The minimum Gasteiger partial charge on any atom is -1.00 e. The third kappa shape index (κ3) is 5.15. The number of rotatable bonds is 4. The van der Waals surface area contributed by atoms with Crippen molar-refractivity contribution in [2.75, 3.05) is 0 Å². The van der Waals surface area contributed by atoms with E-state index in [1.807, 2.05) is 0 Å². The van der Waals surface area contributed by atoms with Crippen molar-refractivity contribution in [1.29, 1.82) is 0 Å². The Balaban J connectivity index is 0.00000158. The average molecular weight is 897 g/mol. The minimum atomic E-state index is -1.15. The molecule has 6 heteroatoms. The quantitative estimate of drug-likeness (QED) is 0.244. The number of fused-ring (bicyclic) bond motifs is 3. The summed E-state index contributed by atoms with van der Waals surface area (Å²) in [6.07, 6.45) is 5.13. The van der Waals surface area contributed by atoms with Gasteiger partial charge in [0.1, 0.15) is 0 Å². The zero-order valence-electron chi connectivity index (χ0n) is 22.2. The SMILES string of the molecule is Brc1cccc2c1C(c1ccccc1)[C]([Zr+2][C]1=Cc3c4ccc(Br)c3C1c1ccc(cc1)P4c1ccccc1)=C2.[Br-].[Br-]. The summed E-state index contributed by atoms with van der Waals surface area (Å²) in [6, 6.07) is 43.2. The third-order valence-electron chi connectivity index (χ3n) is 8.27.